The Kier molecular flexibility index (Phi) is 5.61. The van der Waals surface area contributed by atoms with Crippen molar-refractivity contribution in [1.29, 1.82) is 0 Å². The summed E-state index contributed by atoms with van der Waals surface area (Å²) < 4.78 is 11.5. The molecule has 3 aliphatic carbocycles. The fraction of sp³-hybridized carbons (Fsp3) is 0.708. The molecule has 10 atom stereocenters. The summed E-state index contributed by atoms with van der Waals surface area (Å²) in [5.74, 6) is -0.565. The number of carboxylic acids is 1. The van der Waals surface area contributed by atoms with Crippen molar-refractivity contribution >= 4 is 5.97 Å². The molecule has 1 saturated heterocycles. The van der Waals surface area contributed by atoms with Gasteiger partial charge in [0.15, 0.2) is 23.9 Å². The standard InChI is InChI=1S/C24H32O9/c1-24-7-6-11-12(3-2-10-8-15(25)16(26)9-13(10)11)14(24)4-5-17(24)32-23-20(29)18(27)19(28)21(33-23)22(30)31/h8-9,11-12,14,17-21,23,25-29H,2-7H2,1H3,(H,30,31)/t11-,12+,14-,17-,18+,19-,20?,21?,23+,24-/m0/s1. The molecule has 1 aromatic carbocycles. The summed E-state index contributed by atoms with van der Waals surface area (Å²) >= 11 is 0. The van der Waals surface area contributed by atoms with Crippen LogP contribution in [-0.4, -0.2) is 73.4 Å². The van der Waals surface area contributed by atoms with Gasteiger partial charge in [-0.1, -0.05) is 6.92 Å². The van der Waals surface area contributed by atoms with E-state index in [1.54, 1.807) is 12.1 Å². The van der Waals surface area contributed by atoms with Crippen LogP contribution in [0, 0.1) is 17.3 Å². The maximum atomic E-state index is 11.4. The highest BCUT2D eigenvalue weighted by molar-refractivity contribution is 5.73. The lowest BCUT2D eigenvalue weighted by molar-refractivity contribution is -0.312. The number of rotatable bonds is 3. The van der Waals surface area contributed by atoms with Gasteiger partial charge < -0.3 is 40.1 Å². The van der Waals surface area contributed by atoms with Crippen LogP contribution in [0.5, 0.6) is 11.5 Å². The Bertz CT molecular complexity index is 935. The summed E-state index contributed by atoms with van der Waals surface area (Å²) in [5, 5.41) is 59.7. The van der Waals surface area contributed by atoms with Gasteiger partial charge in [0.2, 0.25) is 0 Å². The van der Waals surface area contributed by atoms with Crippen LogP contribution in [0.25, 0.3) is 0 Å². The third kappa shape index (κ3) is 3.52. The number of phenols is 2. The van der Waals surface area contributed by atoms with Crippen LogP contribution in [0.2, 0.25) is 0 Å². The molecule has 1 aromatic rings. The molecule has 9 heteroatoms. The van der Waals surface area contributed by atoms with Crippen LogP contribution >= 0.6 is 0 Å². The Hall–Kier alpha value is -1.91. The first-order valence-electron chi connectivity index (χ1n) is 11.7. The van der Waals surface area contributed by atoms with E-state index < -0.39 is 36.7 Å². The molecule has 33 heavy (non-hydrogen) atoms. The molecule has 2 saturated carbocycles. The normalized spacial score (nSPS) is 44.5. The number of aliphatic hydroxyl groups excluding tert-OH is 3. The number of phenolic OH excluding ortho intramolecular Hbond substituents is 2. The average molecular weight is 465 g/mol. The number of hydrogen-bond donors (Lipinski definition) is 6. The molecule has 6 N–H and O–H groups in total. The van der Waals surface area contributed by atoms with E-state index in [0.717, 1.165) is 49.7 Å². The highest BCUT2D eigenvalue weighted by atomic mass is 16.7. The van der Waals surface area contributed by atoms with Gasteiger partial charge in [0.05, 0.1) is 6.10 Å². The first-order chi connectivity index (χ1) is 15.6. The number of hydrogen-bond acceptors (Lipinski definition) is 8. The molecule has 0 radical (unpaired) electrons. The van der Waals surface area contributed by atoms with Gasteiger partial charge in [-0.25, -0.2) is 4.79 Å². The quantitative estimate of drug-likeness (QED) is 0.362. The molecule has 182 valence electrons. The molecule has 4 aliphatic rings. The molecule has 1 heterocycles. The Morgan fingerprint density at radius 2 is 1.76 bits per heavy atom. The minimum atomic E-state index is -1.74. The zero-order valence-electron chi connectivity index (χ0n) is 18.5. The van der Waals surface area contributed by atoms with Crippen LogP contribution in [0.15, 0.2) is 12.1 Å². The minimum Gasteiger partial charge on any atom is -0.504 e. The zero-order valence-corrected chi connectivity index (χ0v) is 18.5. The van der Waals surface area contributed by atoms with Crippen LogP contribution in [0.4, 0.5) is 0 Å². The van der Waals surface area contributed by atoms with Crippen molar-refractivity contribution in [2.75, 3.05) is 0 Å². The van der Waals surface area contributed by atoms with Gasteiger partial charge >= 0.3 is 5.97 Å². The largest absolute Gasteiger partial charge is 0.504 e. The number of fused-ring (bicyclic) bond motifs is 5. The van der Waals surface area contributed by atoms with E-state index >= 15 is 0 Å². The number of benzene rings is 1. The van der Waals surface area contributed by atoms with Gasteiger partial charge in [-0.05, 0) is 85.0 Å². The van der Waals surface area contributed by atoms with Crippen molar-refractivity contribution in [3.8, 4) is 11.5 Å². The topological polar surface area (TPSA) is 157 Å². The second-order valence-electron chi connectivity index (χ2n) is 10.4. The third-order valence-electron chi connectivity index (χ3n) is 8.84. The van der Waals surface area contributed by atoms with Crippen molar-refractivity contribution in [2.45, 2.75) is 88.2 Å². The van der Waals surface area contributed by atoms with E-state index in [1.807, 2.05) is 0 Å². The van der Waals surface area contributed by atoms with Crippen LogP contribution in [0.1, 0.15) is 56.1 Å². The molecule has 0 amide bonds. The van der Waals surface area contributed by atoms with Gasteiger partial charge in [0.25, 0.3) is 0 Å². The summed E-state index contributed by atoms with van der Waals surface area (Å²) in [6.45, 7) is 2.17. The van der Waals surface area contributed by atoms with E-state index in [-0.39, 0.29) is 23.0 Å². The van der Waals surface area contributed by atoms with Gasteiger partial charge in [-0.3, -0.25) is 0 Å². The summed E-state index contributed by atoms with van der Waals surface area (Å²) in [5.41, 5.74) is 1.99. The number of aliphatic carboxylic acids is 1. The first-order valence-corrected chi connectivity index (χ1v) is 11.7. The van der Waals surface area contributed by atoms with E-state index in [1.165, 1.54) is 0 Å². The highest BCUT2D eigenvalue weighted by Crippen LogP contribution is 2.62. The molecule has 0 bridgehead atoms. The highest BCUT2D eigenvalue weighted by Gasteiger charge is 2.57. The molecule has 1 aliphatic heterocycles. The monoisotopic (exact) mass is 464 g/mol. The van der Waals surface area contributed by atoms with Gasteiger partial charge in [0, 0.05) is 0 Å². The maximum absolute atomic E-state index is 11.4. The number of carbonyl (C=O) groups is 1. The van der Waals surface area contributed by atoms with E-state index in [9.17, 15) is 35.4 Å². The number of ether oxygens (including phenoxy) is 2. The van der Waals surface area contributed by atoms with Gasteiger partial charge in [-0.2, -0.15) is 0 Å². The van der Waals surface area contributed by atoms with Crippen molar-refractivity contribution < 1.29 is 44.9 Å². The molecule has 0 spiro atoms. The van der Waals surface area contributed by atoms with Crippen LogP contribution in [0.3, 0.4) is 0 Å². The Labute approximate surface area is 191 Å². The number of aliphatic hydroxyl groups is 3. The van der Waals surface area contributed by atoms with Crippen molar-refractivity contribution in [3.05, 3.63) is 23.3 Å². The lowest BCUT2D eigenvalue weighted by Crippen LogP contribution is -2.61. The maximum Gasteiger partial charge on any atom is 0.335 e. The summed E-state index contributed by atoms with van der Waals surface area (Å²) in [4.78, 5) is 11.4. The SMILES string of the molecule is C[C@]12CC[C@@H]3c4cc(O)c(O)cc4CC[C@H]3[C@@H]1CC[C@@H]2O[C@@H]1OC(C(=O)O)[C@@H](O)[C@@H](O)C1O. The lowest BCUT2D eigenvalue weighted by atomic mass is 9.55. The molecule has 5 rings (SSSR count). The molecular formula is C24H32O9. The molecule has 0 aromatic heterocycles. The van der Waals surface area contributed by atoms with Crippen LogP contribution < -0.4 is 0 Å². The van der Waals surface area contributed by atoms with E-state index in [2.05, 4.69) is 6.92 Å². The van der Waals surface area contributed by atoms with Gasteiger partial charge in [0.1, 0.15) is 18.3 Å². The predicted molar refractivity (Wildman–Crippen MR) is 114 cm³/mol. The van der Waals surface area contributed by atoms with Crippen LogP contribution in [-0.2, 0) is 20.7 Å². The third-order valence-corrected chi connectivity index (χ3v) is 8.84. The first kappa shape index (κ1) is 22.9. The average Bonchev–Trinajstić information content (AvgIpc) is 3.10. The second kappa shape index (κ2) is 8.09. The summed E-state index contributed by atoms with van der Waals surface area (Å²) in [6.07, 6.45) is -3.07. The van der Waals surface area contributed by atoms with Gasteiger partial charge in [-0.15, -0.1) is 0 Å². The number of aromatic hydroxyl groups is 2. The molecule has 9 nitrogen and oxygen atoms in total. The fourth-order valence-electron chi connectivity index (χ4n) is 7.10. The summed E-state index contributed by atoms with van der Waals surface area (Å²) in [6, 6.07) is 3.38. The lowest BCUT2D eigenvalue weighted by Gasteiger charge is -2.51. The zero-order chi connectivity index (χ0) is 23.7. The van der Waals surface area contributed by atoms with Crippen molar-refractivity contribution in [1.82, 2.24) is 0 Å². The predicted octanol–water partition coefficient (Wildman–Crippen LogP) is 1.23. The van der Waals surface area contributed by atoms with E-state index in [4.69, 9.17) is 9.47 Å². The van der Waals surface area contributed by atoms with Crippen molar-refractivity contribution in [3.63, 3.8) is 0 Å². The summed E-state index contributed by atoms with van der Waals surface area (Å²) in [7, 11) is 0. The molecule has 2 unspecified atom stereocenters. The number of carboxylic acid groups (broad SMARTS) is 1. The Morgan fingerprint density at radius 1 is 1.03 bits per heavy atom. The second-order valence-corrected chi connectivity index (χ2v) is 10.4. The smallest absolute Gasteiger partial charge is 0.335 e. The molecule has 3 fully saturated rings. The minimum absolute atomic E-state index is 0.0832. The van der Waals surface area contributed by atoms with Crippen molar-refractivity contribution in [2.24, 2.45) is 17.3 Å². The van der Waals surface area contributed by atoms with E-state index in [0.29, 0.717) is 17.8 Å². The fourth-order valence-corrected chi connectivity index (χ4v) is 7.10. The Morgan fingerprint density at radius 3 is 2.48 bits per heavy atom. The molecular weight excluding hydrogens is 432 g/mol. The Balaban J connectivity index is 1.35. The number of aryl methyl sites for hydroxylation is 1.